The van der Waals surface area contributed by atoms with Gasteiger partial charge in [0.25, 0.3) is 0 Å². The zero-order valence-electron chi connectivity index (χ0n) is 10.8. The van der Waals surface area contributed by atoms with Gasteiger partial charge in [-0.3, -0.25) is 10.0 Å². The van der Waals surface area contributed by atoms with Crippen molar-refractivity contribution in [3.05, 3.63) is 58.7 Å². The number of carbonyl (C=O) groups is 1. The molecular formula is C15H10Cl2N2O2. The van der Waals surface area contributed by atoms with E-state index in [1.165, 1.54) is 12.2 Å². The lowest BCUT2D eigenvalue weighted by Crippen LogP contribution is -2.30. The van der Waals surface area contributed by atoms with Crippen molar-refractivity contribution in [2.24, 2.45) is 4.99 Å². The summed E-state index contributed by atoms with van der Waals surface area (Å²) < 4.78 is 0. The third-order valence-electron chi connectivity index (χ3n) is 3.17. The zero-order chi connectivity index (χ0) is 15.0. The normalized spacial score (nSPS) is 17.2. The van der Waals surface area contributed by atoms with Crippen LogP contribution in [0.4, 0.5) is 5.69 Å². The van der Waals surface area contributed by atoms with Crippen LogP contribution in [0.3, 0.4) is 0 Å². The minimum atomic E-state index is -0.0998. The van der Waals surface area contributed by atoms with E-state index in [0.29, 0.717) is 33.4 Å². The Morgan fingerprint density at radius 3 is 2.57 bits per heavy atom. The lowest BCUT2D eigenvalue weighted by molar-refractivity contribution is -0.110. The molecule has 0 saturated carbocycles. The molecule has 6 heteroatoms. The van der Waals surface area contributed by atoms with E-state index in [0.717, 1.165) is 5.06 Å². The van der Waals surface area contributed by atoms with Gasteiger partial charge < -0.3 is 0 Å². The monoisotopic (exact) mass is 320 g/mol. The number of halogens is 2. The van der Waals surface area contributed by atoms with Crippen LogP contribution in [0.25, 0.3) is 5.70 Å². The number of aliphatic imine (C=N–C) groups is 1. The highest BCUT2D eigenvalue weighted by molar-refractivity contribution is 6.31. The van der Waals surface area contributed by atoms with Crippen LogP contribution < -0.4 is 0 Å². The molecule has 0 aromatic heterocycles. The average Bonchev–Trinajstić information content (AvgIpc) is 2.48. The second-order valence-electron chi connectivity index (χ2n) is 4.51. The Labute approximate surface area is 131 Å². The van der Waals surface area contributed by atoms with Gasteiger partial charge in [0.2, 0.25) is 0 Å². The van der Waals surface area contributed by atoms with Crippen LogP contribution in [-0.4, -0.2) is 27.8 Å². The fourth-order valence-corrected chi connectivity index (χ4v) is 2.55. The number of hydrogen-bond donors (Lipinski definition) is 1. The minimum Gasteiger partial charge on any atom is -0.290 e. The van der Waals surface area contributed by atoms with Crippen molar-refractivity contribution in [1.29, 1.82) is 0 Å². The molecule has 3 rings (SSSR count). The smallest absolute Gasteiger partial charge is 0.178 e. The Morgan fingerprint density at radius 1 is 1.19 bits per heavy atom. The van der Waals surface area contributed by atoms with E-state index in [9.17, 15) is 10.0 Å². The molecule has 0 bridgehead atoms. The summed E-state index contributed by atoms with van der Waals surface area (Å²) in [5.41, 5.74) is 2.52. The molecule has 0 atom stereocenters. The van der Waals surface area contributed by atoms with Gasteiger partial charge in [-0.05, 0) is 42.5 Å². The number of amidine groups is 1. The molecule has 0 fully saturated rings. The Kier molecular flexibility index (Phi) is 3.68. The molecular weight excluding hydrogens is 311 g/mol. The van der Waals surface area contributed by atoms with Crippen molar-refractivity contribution in [1.82, 2.24) is 5.06 Å². The topological polar surface area (TPSA) is 52.9 Å². The first-order valence-electron chi connectivity index (χ1n) is 6.17. The third-order valence-corrected chi connectivity index (χ3v) is 3.64. The summed E-state index contributed by atoms with van der Waals surface area (Å²) in [6, 6.07) is 5.20. The first-order chi connectivity index (χ1) is 10.1. The number of fused-ring (bicyclic) bond motifs is 1. The van der Waals surface area contributed by atoms with E-state index in [-0.39, 0.29) is 11.7 Å². The van der Waals surface area contributed by atoms with Crippen LogP contribution in [0.2, 0.25) is 5.02 Å². The maximum absolute atomic E-state index is 11.3. The van der Waals surface area contributed by atoms with Crippen molar-refractivity contribution in [3.63, 3.8) is 0 Å². The number of rotatable bonds is 1. The number of hydroxylamine groups is 2. The van der Waals surface area contributed by atoms with Crippen LogP contribution >= 0.6 is 23.2 Å². The predicted molar refractivity (Wildman–Crippen MR) is 83.1 cm³/mol. The Morgan fingerprint density at radius 2 is 1.90 bits per heavy atom. The second kappa shape index (κ2) is 5.48. The number of allylic oxidation sites excluding steroid dienone is 5. The van der Waals surface area contributed by atoms with E-state index in [1.807, 2.05) is 0 Å². The summed E-state index contributed by atoms with van der Waals surface area (Å²) in [5, 5.41) is 11.8. The van der Waals surface area contributed by atoms with Gasteiger partial charge in [0, 0.05) is 16.2 Å². The van der Waals surface area contributed by atoms with Crippen molar-refractivity contribution in [2.45, 2.75) is 0 Å². The highest BCUT2D eigenvalue weighted by Gasteiger charge is 2.26. The largest absolute Gasteiger partial charge is 0.290 e. The van der Waals surface area contributed by atoms with Gasteiger partial charge in [-0.2, -0.15) is 0 Å². The Bertz CT molecular complexity index is 730. The molecule has 2 aliphatic rings. The lowest BCUT2D eigenvalue weighted by Gasteiger charge is -2.28. The summed E-state index contributed by atoms with van der Waals surface area (Å²) in [5.74, 6) is 0.270. The van der Waals surface area contributed by atoms with Crippen LogP contribution in [0, 0.1) is 0 Å². The van der Waals surface area contributed by atoms with Crippen LogP contribution in [0.5, 0.6) is 0 Å². The summed E-state index contributed by atoms with van der Waals surface area (Å²) in [7, 11) is 0. The van der Waals surface area contributed by atoms with Gasteiger partial charge >= 0.3 is 0 Å². The highest BCUT2D eigenvalue weighted by atomic mass is 35.5. The molecule has 4 nitrogen and oxygen atoms in total. The van der Waals surface area contributed by atoms with Gasteiger partial charge in [0.1, 0.15) is 5.84 Å². The molecule has 21 heavy (non-hydrogen) atoms. The summed E-state index contributed by atoms with van der Waals surface area (Å²) in [6.45, 7) is 0. The first-order valence-corrected chi connectivity index (χ1v) is 7.08. The Balaban J connectivity index is 2.25. The third kappa shape index (κ3) is 2.53. The van der Waals surface area contributed by atoms with Gasteiger partial charge in [-0.25, -0.2) is 10.1 Å². The molecule has 1 aromatic carbocycles. The molecule has 0 saturated heterocycles. The van der Waals surface area contributed by atoms with Crippen LogP contribution in [0.1, 0.15) is 5.56 Å². The molecule has 1 aliphatic carbocycles. The van der Waals surface area contributed by atoms with Crippen LogP contribution in [-0.2, 0) is 4.79 Å². The number of nitrogens with zero attached hydrogens (tertiary/aromatic N) is 2. The second-order valence-corrected chi connectivity index (χ2v) is 5.21. The van der Waals surface area contributed by atoms with Gasteiger partial charge in [-0.1, -0.05) is 11.6 Å². The Hall–Kier alpha value is -1.88. The minimum absolute atomic E-state index is 0.0572. The zero-order valence-corrected chi connectivity index (χ0v) is 12.3. The molecule has 106 valence electrons. The van der Waals surface area contributed by atoms with Crippen molar-refractivity contribution < 1.29 is 10.0 Å². The number of ketones is 1. The van der Waals surface area contributed by atoms with E-state index in [1.54, 1.807) is 30.4 Å². The van der Waals surface area contributed by atoms with Gasteiger partial charge in [0.15, 0.2) is 5.78 Å². The maximum Gasteiger partial charge on any atom is 0.178 e. The van der Waals surface area contributed by atoms with E-state index in [2.05, 4.69) is 4.99 Å². The molecule has 1 heterocycles. The number of benzene rings is 1. The van der Waals surface area contributed by atoms with Crippen LogP contribution in [0.15, 0.2) is 53.1 Å². The maximum atomic E-state index is 11.3. The lowest BCUT2D eigenvalue weighted by atomic mass is 9.99. The van der Waals surface area contributed by atoms with Gasteiger partial charge in [-0.15, -0.1) is 11.6 Å². The number of hydrogen-bond acceptors (Lipinski definition) is 4. The molecule has 0 unspecified atom stereocenters. The highest BCUT2D eigenvalue weighted by Crippen LogP contribution is 2.38. The fourth-order valence-electron chi connectivity index (χ4n) is 2.20. The molecule has 0 amide bonds. The number of carbonyl (C=O) groups excluding carboxylic acids is 1. The molecule has 1 aromatic rings. The quantitative estimate of drug-likeness (QED) is 0.802. The van der Waals surface area contributed by atoms with Crippen molar-refractivity contribution >= 4 is 46.2 Å². The fraction of sp³-hybridized carbons (Fsp3) is 0.0667. The summed E-state index contributed by atoms with van der Waals surface area (Å²) >= 11 is 11.9. The summed E-state index contributed by atoms with van der Waals surface area (Å²) in [6.07, 6.45) is 6.16. The van der Waals surface area contributed by atoms with E-state index < -0.39 is 0 Å². The molecule has 1 aliphatic heterocycles. The summed E-state index contributed by atoms with van der Waals surface area (Å²) in [4.78, 5) is 15.6. The number of alkyl halides is 1. The molecule has 0 spiro atoms. The average molecular weight is 321 g/mol. The van der Waals surface area contributed by atoms with Crippen molar-refractivity contribution in [3.8, 4) is 0 Å². The van der Waals surface area contributed by atoms with Crippen molar-refractivity contribution in [2.75, 3.05) is 5.88 Å². The standard InChI is InChI=1S/C15H10Cl2N2O2/c16-8-14-18-13-6-3-10(17)7-12(13)15(19(14)21)9-1-4-11(20)5-2-9/h1-7,21H,8H2. The SMILES string of the molecule is O=C1C=CC(=C2c3cc(Cl)ccc3N=C(CCl)N2O)C=C1. The predicted octanol–water partition coefficient (Wildman–Crippen LogP) is 3.72. The van der Waals surface area contributed by atoms with Gasteiger partial charge in [0.05, 0.1) is 17.3 Å². The van der Waals surface area contributed by atoms with E-state index in [4.69, 9.17) is 23.2 Å². The molecule has 1 N–H and O–H groups in total. The first kappa shape index (κ1) is 14.1. The molecule has 0 radical (unpaired) electrons. The van der Waals surface area contributed by atoms with E-state index >= 15 is 0 Å².